The number of methoxy groups -OCH3 is 2. The second kappa shape index (κ2) is 12.6. The molecule has 2 aromatic carbocycles. The van der Waals surface area contributed by atoms with E-state index in [0.29, 0.717) is 41.6 Å². The van der Waals surface area contributed by atoms with E-state index in [9.17, 15) is 9.59 Å². The van der Waals surface area contributed by atoms with Gasteiger partial charge in [0.05, 0.1) is 20.3 Å². The highest BCUT2D eigenvalue weighted by Gasteiger charge is 2.56. The number of amides is 2. The maximum Gasteiger partial charge on any atom is 0.240 e. The molecule has 2 heterocycles. The van der Waals surface area contributed by atoms with E-state index in [4.69, 9.17) is 14.2 Å². The number of anilines is 2. The average Bonchev–Trinajstić information content (AvgIpc) is 3.87. The highest BCUT2D eigenvalue weighted by molar-refractivity contribution is 6.17. The fourth-order valence-corrected chi connectivity index (χ4v) is 6.01. The molecular weight excluding hydrogens is 556 g/mol. The van der Waals surface area contributed by atoms with Gasteiger partial charge in [0.2, 0.25) is 11.8 Å². The molecule has 9 heteroatoms. The van der Waals surface area contributed by atoms with Crippen LogP contribution in [-0.4, -0.2) is 62.0 Å². The Labute approximate surface area is 258 Å². The fraction of sp³-hybridized carbons (Fsp3) is 0.371. The number of allylic oxidation sites excluding steroid dienone is 1. The number of nitrogens with one attached hydrogen (secondary N) is 2. The average molecular weight is 597 g/mol. The number of likely N-dealkylation sites (N-methyl/N-ethyl adjacent to an activating group) is 1. The molecule has 1 unspecified atom stereocenters. The minimum Gasteiger partial charge on any atom is -0.493 e. The summed E-state index contributed by atoms with van der Waals surface area (Å²) in [5.74, 6) is 2.08. The minimum absolute atomic E-state index is 0.0555. The fourth-order valence-electron chi connectivity index (χ4n) is 6.01. The maximum absolute atomic E-state index is 13.4. The summed E-state index contributed by atoms with van der Waals surface area (Å²) < 4.78 is 17.3. The van der Waals surface area contributed by atoms with E-state index in [1.54, 1.807) is 38.5 Å². The van der Waals surface area contributed by atoms with E-state index in [0.717, 1.165) is 36.5 Å². The van der Waals surface area contributed by atoms with Gasteiger partial charge in [-0.05, 0) is 92.9 Å². The number of hydrogen-bond acceptors (Lipinski definition) is 7. The molecule has 44 heavy (non-hydrogen) atoms. The second-order valence-corrected chi connectivity index (χ2v) is 11.8. The summed E-state index contributed by atoms with van der Waals surface area (Å²) in [5, 5.41) is 6.03. The molecule has 0 bridgehead atoms. The second-order valence-electron chi connectivity index (χ2n) is 11.8. The number of carbonyl (C=O) groups excluding carboxylic acids is 2. The van der Waals surface area contributed by atoms with Crippen molar-refractivity contribution in [2.24, 2.45) is 5.41 Å². The van der Waals surface area contributed by atoms with Crippen molar-refractivity contribution in [1.29, 1.82) is 0 Å². The highest BCUT2D eigenvalue weighted by atomic mass is 16.5. The predicted octanol–water partition coefficient (Wildman–Crippen LogP) is 5.56. The lowest BCUT2D eigenvalue weighted by Crippen LogP contribution is -2.36. The standard InChI is InChI=1S/C35H40N4O5/c1-38-20-15-30(27-21-31(42-2)32(43-3)22-29(27)38)44-26-13-11-25(12-14-26)36-33(40)35(16-17-35)34(41)37-28-10-6-5-9-24(28)23-39-18-7-4-8-19-39/h5-6,9-15,20-22,29H,4,7-8,16-19,23H2,1-3H3,(H,36,40)(H,37,41). The molecule has 0 spiro atoms. The molecule has 1 saturated carbocycles. The van der Waals surface area contributed by atoms with Gasteiger partial charge in [0.15, 0.2) is 11.5 Å². The first-order chi connectivity index (χ1) is 21.4. The Balaban J connectivity index is 1.10. The third-order valence-corrected chi connectivity index (χ3v) is 8.85. The number of fused-ring (bicyclic) bond motifs is 1. The molecule has 1 atom stereocenters. The van der Waals surface area contributed by atoms with Crippen molar-refractivity contribution in [3.8, 4) is 5.75 Å². The molecule has 1 saturated heterocycles. The Morgan fingerprint density at radius 3 is 2.32 bits per heavy atom. The van der Waals surface area contributed by atoms with Gasteiger partial charge in [-0.1, -0.05) is 24.6 Å². The molecule has 2 aliphatic carbocycles. The van der Waals surface area contributed by atoms with Crippen molar-refractivity contribution in [3.63, 3.8) is 0 Å². The van der Waals surface area contributed by atoms with Gasteiger partial charge in [-0.2, -0.15) is 0 Å². The first-order valence-corrected chi connectivity index (χ1v) is 15.3. The van der Waals surface area contributed by atoms with Crippen LogP contribution in [0.1, 0.15) is 37.7 Å². The van der Waals surface area contributed by atoms with Crippen molar-refractivity contribution >= 4 is 23.2 Å². The van der Waals surface area contributed by atoms with E-state index >= 15 is 0 Å². The molecule has 4 aliphatic rings. The lowest BCUT2D eigenvalue weighted by atomic mass is 9.95. The number of para-hydroxylation sites is 1. The summed E-state index contributed by atoms with van der Waals surface area (Å²) in [6.45, 7) is 2.94. The molecule has 9 nitrogen and oxygen atoms in total. The number of likely N-dealkylation sites (tertiary alicyclic amines) is 1. The summed E-state index contributed by atoms with van der Waals surface area (Å²) in [7, 11) is 5.23. The molecule has 2 amide bonds. The third kappa shape index (κ3) is 6.10. The Hall–Kier alpha value is -4.50. The largest absolute Gasteiger partial charge is 0.493 e. The molecular formula is C35H40N4O5. The van der Waals surface area contributed by atoms with Gasteiger partial charge in [0, 0.05) is 36.7 Å². The van der Waals surface area contributed by atoms with E-state index in [1.165, 1.54) is 19.3 Å². The number of benzene rings is 2. The van der Waals surface area contributed by atoms with Crippen LogP contribution in [0.3, 0.4) is 0 Å². The zero-order valence-corrected chi connectivity index (χ0v) is 25.6. The predicted molar refractivity (Wildman–Crippen MR) is 169 cm³/mol. The Morgan fingerprint density at radius 2 is 1.61 bits per heavy atom. The van der Waals surface area contributed by atoms with Crippen molar-refractivity contribution in [1.82, 2.24) is 9.80 Å². The van der Waals surface area contributed by atoms with E-state index in [-0.39, 0.29) is 17.9 Å². The van der Waals surface area contributed by atoms with E-state index in [1.807, 2.05) is 49.7 Å². The van der Waals surface area contributed by atoms with Gasteiger partial charge in [-0.25, -0.2) is 0 Å². The smallest absolute Gasteiger partial charge is 0.240 e. The molecule has 2 N–H and O–H groups in total. The Morgan fingerprint density at radius 1 is 0.909 bits per heavy atom. The topological polar surface area (TPSA) is 92.4 Å². The van der Waals surface area contributed by atoms with Crippen molar-refractivity contribution in [2.75, 3.05) is 45.0 Å². The number of rotatable bonds is 10. The zero-order chi connectivity index (χ0) is 30.7. The van der Waals surface area contributed by atoms with E-state index < -0.39 is 5.41 Å². The Kier molecular flexibility index (Phi) is 8.48. The molecule has 2 aliphatic heterocycles. The van der Waals surface area contributed by atoms with Crippen LogP contribution in [0.25, 0.3) is 0 Å². The summed E-state index contributed by atoms with van der Waals surface area (Å²) in [5.41, 5.74) is 2.35. The van der Waals surface area contributed by atoms with Crippen LogP contribution < -0.4 is 15.4 Å². The van der Waals surface area contributed by atoms with Gasteiger partial charge in [0.25, 0.3) is 0 Å². The molecule has 2 aromatic rings. The maximum atomic E-state index is 13.4. The summed E-state index contributed by atoms with van der Waals surface area (Å²) in [6, 6.07) is 15.0. The van der Waals surface area contributed by atoms with Crippen LogP contribution >= 0.6 is 0 Å². The van der Waals surface area contributed by atoms with Gasteiger partial charge in [0.1, 0.15) is 16.9 Å². The molecule has 0 radical (unpaired) electrons. The lowest BCUT2D eigenvalue weighted by Gasteiger charge is -2.33. The van der Waals surface area contributed by atoms with Gasteiger partial charge in [-0.3, -0.25) is 14.5 Å². The highest BCUT2D eigenvalue weighted by Crippen LogP contribution is 2.48. The van der Waals surface area contributed by atoms with Crippen LogP contribution in [0.15, 0.2) is 95.8 Å². The van der Waals surface area contributed by atoms with Gasteiger partial charge < -0.3 is 29.7 Å². The monoisotopic (exact) mass is 596 g/mol. The normalized spacial score (nSPS) is 20.6. The van der Waals surface area contributed by atoms with Crippen molar-refractivity contribution < 1.29 is 23.8 Å². The number of ether oxygens (including phenoxy) is 3. The molecule has 6 rings (SSSR count). The molecule has 0 aromatic heterocycles. The van der Waals surface area contributed by atoms with Crippen LogP contribution in [0.4, 0.5) is 11.4 Å². The molecule has 230 valence electrons. The zero-order valence-electron chi connectivity index (χ0n) is 25.6. The number of carbonyl (C=O) groups is 2. The van der Waals surface area contributed by atoms with Gasteiger partial charge >= 0.3 is 0 Å². The van der Waals surface area contributed by atoms with Crippen LogP contribution in [0.5, 0.6) is 5.75 Å². The minimum atomic E-state index is -1.06. The van der Waals surface area contributed by atoms with Crippen molar-refractivity contribution in [2.45, 2.75) is 44.7 Å². The molecule has 2 fully saturated rings. The first-order valence-electron chi connectivity index (χ1n) is 15.3. The van der Waals surface area contributed by atoms with E-state index in [2.05, 4.69) is 26.5 Å². The SMILES string of the molecule is COC1=CC2=C(Oc3ccc(NC(=O)C4(C(=O)Nc5ccccc5CN5CCCCC5)CC4)cc3)C=CN(C)C2C=C1OC. The van der Waals surface area contributed by atoms with Crippen LogP contribution in [-0.2, 0) is 25.6 Å². The van der Waals surface area contributed by atoms with Crippen LogP contribution in [0, 0.1) is 5.41 Å². The quantitative estimate of drug-likeness (QED) is 0.347. The summed E-state index contributed by atoms with van der Waals surface area (Å²) >= 11 is 0. The third-order valence-electron chi connectivity index (χ3n) is 8.85. The first kappa shape index (κ1) is 29.6. The number of nitrogens with zero attached hydrogens (tertiary/aromatic N) is 2. The number of piperidine rings is 1. The number of hydrogen-bond donors (Lipinski definition) is 2. The summed E-state index contributed by atoms with van der Waals surface area (Å²) in [6.07, 6.45) is 12.5. The lowest BCUT2D eigenvalue weighted by molar-refractivity contribution is -0.131. The van der Waals surface area contributed by atoms with Crippen molar-refractivity contribution in [3.05, 3.63) is 101 Å². The van der Waals surface area contributed by atoms with Crippen LogP contribution in [0.2, 0.25) is 0 Å². The summed E-state index contributed by atoms with van der Waals surface area (Å²) in [4.78, 5) is 31.3. The Bertz CT molecular complexity index is 1530. The van der Waals surface area contributed by atoms with Gasteiger partial charge in [-0.15, -0.1) is 0 Å².